The Labute approximate surface area is 151 Å². The number of rotatable bonds is 8. The Morgan fingerprint density at radius 2 is 2.12 bits per heavy atom. The van der Waals surface area contributed by atoms with E-state index in [1.807, 2.05) is 32.3 Å². The maximum Gasteiger partial charge on any atom is 0.165 e. The van der Waals surface area contributed by atoms with E-state index in [9.17, 15) is 10.2 Å². The van der Waals surface area contributed by atoms with Gasteiger partial charge in [0, 0.05) is 31.7 Å². The summed E-state index contributed by atoms with van der Waals surface area (Å²) in [5, 5.41) is 20.3. The molecule has 2 rings (SSSR count). The Balaban J connectivity index is 2.04. The van der Waals surface area contributed by atoms with Gasteiger partial charge in [0.25, 0.3) is 0 Å². The number of hydrogen-bond donors (Lipinski definition) is 2. The zero-order chi connectivity index (χ0) is 18.4. The van der Waals surface area contributed by atoms with Crippen LogP contribution < -0.4 is 9.47 Å². The number of likely N-dealkylation sites (tertiary alicyclic amines) is 1. The molecular weight excluding hydrogens is 320 g/mol. The maximum absolute atomic E-state index is 10.1. The maximum atomic E-state index is 10.1. The van der Waals surface area contributed by atoms with E-state index >= 15 is 0 Å². The molecule has 0 aliphatic carbocycles. The van der Waals surface area contributed by atoms with E-state index in [1.165, 1.54) is 0 Å². The van der Waals surface area contributed by atoms with Crippen molar-refractivity contribution in [3.8, 4) is 11.5 Å². The third kappa shape index (κ3) is 5.57. The van der Waals surface area contributed by atoms with Crippen LogP contribution >= 0.6 is 0 Å². The Morgan fingerprint density at radius 3 is 2.76 bits per heavy atom. The first kappa shape index (κ1) is 20.0. The van der Waals surface area contributed by atoms with Gasteiger partial charge >= 0.3 is 0 Å². The fraction of sp³-hybridized carbons (Fsp3) is 0.684. The molecule has 2 N–H and O–H groups in total. The highest BCUT2D eigenvalue weighted by atomic mass is 16.5. The molecule has 2 atom stereocenters. The first-order valence-electron chi connectivity index (χ1n) is 8.89. The summed E-state index contributed by atoms with van der Waals surface area (Å²) in [4.78, 5) is 4.28. The van der Waals surface area contributed by atoms with Crippen molar-refractivity contribution < 1.29 is 19.7 Å². The number of nitrogens with zero attached hydrogens (tertiary/aromatic N) is 2. The van der Waals surface area contributed by atoms with E-state index in [4.69, 9.17) is 9.47 Å². The minimum atomic E-state index is -1.00. The molecule has 142 valence electrons. The summed E-state index contributed by atoms with van der Waals surface area (Å²) in [6, 6.07) is 5.89. The van der Waals surface area contributed by atoms with Crippen LogP contribution in [0.5, 0.6) is 11.5 Å². The van der Waals surface area contributed by atoms with Crippen LogP contribution in [0.15, 0.2) is 18.2 Å². The highest BCUT2D eigenvalue weighted by Crippen LogP contribution is 2.33. The summed E-state index contributed by atoms with van der Waals surface area (Å²) in [6.07, 6.45) is 0.753. The highest BCUT2D eigenvalue weighted by Gasteiger charge is 2.36. The number of benzene rings is 1. The lowest BCUT2D eigenvalue weighted by Crippen LogP contribution is -2.53. The second-order valence-electron chi connectivity index (χ2n) is 7.31. The summed E-state index contributed by atoms with van der Waals surface area (Å²) in [5.41, 5.74) is 0.0362. The van der Waals surface area contributed by atoms with Crippen LogP contribution in [0.3, 0.4) is 0 Å². The number of methoxy groups -OCH3 is 1. The molecule has 0 bridgehead atoms. The van der Waals surface area contributed by atoms with Gasteiger partial charge in [0.05, 0.1) is 25.4 Å². The molecule has 1 fully saturated rings. The van der Waals surface area contributed by atoms with Crippen molar-refractivity contribution in [1.82, 2.24) is 9.80 Å². The molecule has 1 aromatic rings. The number of para-hydroxylation sites is 1. The van der Waals surface area contributed by atoms with Gasteiger partial charge in [-0.25, -0.2) is 0 Å². The van der Waals surface area contributed by atoms with Gasteiger partial charge in [-0.15, -0.1) is 0 Å². The second kappa shape index (κ2) is 8.85. The van der Waals surface area contributed by atoms with Crippen molar-refractivity contribution in [2.75, 3.05) is 47.4 Å². The average molecular weight is 352 g/mol. The summed E-state index contributed by atoms with van der Waals surface area (Å²) in [5.74, 6) is 1.50. The van der Waals surface area contributed by atoms with E-state index in [2.05, 4.69) is 9.80 Å². The monoisotopic (exact) mass is 352 g/mol. The number of hydrogen-bond acceptors (Lipinski definition) is 6. The lowest BCUT2D eigenvalue weighted by atomic mass is 9.90. The number of ether oxygens (including phenoxy) is 2. The smallest absolute Gasteiger partial charge is 0.165 e. The predicted octanol–water partition coefficient (Wildman–Crippen LogP) is 1.34. The van der Waals surface area contributed by atoms with Gasteiger partial charge in [-0.2, -0.15) is 0 Å². The fourth-order valence-electron chi connectivity index (χ4n) is 3.03. The molecule has 0 saturated carbocycles. The summed E-state index contributed by atoms with van der Waals surface area (Å²) in [6.45, 7) is 5.14. The lowest BCUT2D eigenvalue weighted by Gasteiger charge is -2.40. The molecule has 0 spiro atoms. The molecule has 0 amide bonds. The van der Waals surface area contributed by atoms with Crippen LogP contribution in [0.25, 0.3) is 0 Å². The standard InChI is InChI=1S/C19H32N2O4/c1-19(23)9-11-21(14-17(19)22)13-15-7-5-8-16(24-4)18(15)25-12-6-10-20(2)3/h5,7-8,17,22-23H,6,9-14H2,1-4H3/t17-,19-/m0/s1. The number of aliphatic hydroxyl groups excluding tert-OH is 1. The average Bonchev–Trinajstić information content (AvgIpc) is 2.56. The zero-order valence-corrected chi connectivity index (χ0v) is 15.9. The first-order chi connectivity index (χ1) is 11.8. The van der Waals surface area contributed by atoms with E-state index in [0.717, 1.165) is 36.6 Å². The summed E-state index contributed by atoms with van der Waals surface area (Å²) >= 11 is 0. The van der Waals surface area contributed by atoms with Crippen LogP contribution in [-0.2, 0) is 6.54 Å². The Hall–Kier alpha value is -1.34. The van der Waals surface area contributed by atoms with Crippen molar-refractivity contribution >= 4 is 0 Å². The molecule has 1 heterocycles. The number of β-amino-alcohol motifs (C(OH)–C–C–N with tert-alkyl or cyclic N) is 1. The van der Waals surface area contributed by atoms with Gasteiger partial charge in [0.15, 0.2) is 11.5 Å². The van der Waals surface area contributed by atoms with Crippen LogP contribution in [0, 0.1) is 0 Å². The molecular formula is C19H32N2O4. The lowest BCUT2D eigenvalue weighted by molar-refractivity contribution is -0.108. The van der Waals surface area contributed by atoms with Crippen LogP contribution in [0.1, 0.15) is 25.3 Å². The molecule has 6 nitrogen and oxygen atoms in total. The quantitative estimate of drug-likeness (QED) is 0.689. The molecule has 1 aliphatic heterocycles. The van der Waals surface area contributed by atoms with E-state index in [0.29, 0.717) is 26.1 Å². The van der Waals surface area contributed by atoms with Gasteiger partial charge in [-0.3, -0.25) is 4.90 Å². The highest BCUT2D eigenvalue weighted by molar-refractivity contribution is 5.46. The Morgan fingerprint density at radius 1 is 1.36 bits per heavy atom. The first-order valence-corrected chi connectivity index (χ1v) is 8.89. The molecule has 0 unspecified atom stereocenters. The van der Waals surface area contributed by atoms with E-state index in [1.54, 1.807) is 14.0 Å². The van der Waals surface area contributed by atoms with Crippen LogP contribution in [0.2, 0.25) is 0 Å². The normalized spacial score (nSPS) is 24.5. The topological polar surface area (TPSA) is 65.4 Å². The molecule has 1 aliphatic rings. The van der Waals surface area contributed by atoms with Crippen molar-refractivity contribution in [3.63, 3.8) is 0 Å². The molecule has 25 heavy (non-hydrogen) atoms. The molecule has 1 saturated heterocycles. The Kier molecular flexibility index (Phi) is 7.07. The SMILES string of the molecule is COc1cccc(CN2CC[C@](C)(O)[C@@H](O)C2)c1OCCCN(C)C. The minimum absolute atomic E-state index is 0.449. The van der Waals surface area contributed by atoms with Gasteiger partial charge in [-0.05, 0) is 39.9 Å². The largest absolute Gasteiger partial charge is 0.493 e. The van der Waals surface area contributed by atoms with Crippen LogP contribution in [0.4, 0.5) is 0 Å². The molecule has 6 heteroatoms. The fourth-order valence-corrected chi connectivity index (χ4v) is 3.03. The molecule has 0 aromatic heterocycles. The molecule has 1 aromatic carbocycles. The van der Waals surface area contributed by atoms with Gasteiger partial charge in [0.1, 0.15) is 0 Å². The Bertz CT molecular complexity index is 548. The molecule has 0 radical (unpaired) electrons. The van der Waals surface area contributed by atoms with E-state index in [-0.39, 0.29) is 0 Å². The van der Waals surface area contributed by atoms with Crippen molar-refractivity contribution in [3.05, 3.63) is 23.8 Å². The summed E-state index contributed by atoms with van der Waals surface area (Å²) < 4.78 is 11.5. The number of aliphatic hydroxyl groups is 2. The van der Waals surface area contributed by atoms with Crippen molar-refractivity contribution in [1.29, 1.82) is 0 Å². The predicted molar refractivity (Wildman–Crippen MR) is 98.2 cm³/mol. The van der Waals surface area contributed by atoms with Gasteiger partial charge in [0.2, 0.25) is 0 Å². The second-order valence-corrected chi connectivity index (χ2v) is 7.31. The van der Waals surface area contributed by atoms with Crippen molar-refractivity contribution in [2.24, 2.45) is 0 Å². The summed E-state index contributed by atoms with van der Waals surface area (Å²) in [7, 11) is 5.74. The third-order valence-corrected chi connectivity index (χ3v) is 4.75. The van der Waals surface area contributed by atoms with Crippen molar-refractivity contribution in [2.45, 2.75) is 38.0 Å². The number of piperidine rings is 1. The van der Waals surface area contributed by atoms with Gasteiger partial charge < -0.3 is 24.6 Å². The van der Waals surface area contributed by atoms with Crippen LogP contribution in [-0.4, -0.2) is 79.2 Å². The van der Waals surface area contributed by atoms with Gasteiger partial charge in [-0.1, -0.05) is 12.1 Å². The zero-order valence-electron chi connectivity index (χ0n) is 15.9. The minimum Gasteiger partial charge on any atom is -0.493 e. The van der Waals surface area contributed by atoms with E-state index < -0.39 is 11.7 Å². The third-order valence-electron chi connectivity index (χ3n) is 4.75.